The lowest BCUT2D eigenvalue weighted by Gasteiger charge is -2.11. The van der Waals surface area contributed by atoms with Crippen LogP contribution in [0.3, 0.4) is 0 Å². The molecule has 162 valence electrons. The Morgan fingerprint density at radius 2 is 1.90 bits per heavy atom. The molecule has 1 amide bonds. The van der Waals surface area contributed by atoms with Crippen molar-refractivity contribution >= 4 is 18.0 Å². The number of aliphatic carboxylic acids is 1. The van der Waals surface area contributed by atoms with Crippen molar-refractivity contribution in [1.29, 1.82) is 5.26 Å². The van der Waals surface area contributed by atoms with Gasteiger partial charge in [0, 0.05) is 6.54 Å². The second kappa shape index (κ2) is 11.3. The third-order valence-corrected chi connectivity index (χ3v) is 4.34. The van der Waals surface area contributed by atoms with Crippen LogP contribution in [0.25, 0.3) is 6.08 Å². The van der Waals surface area contributed by atoms with Gasteiger partial charge in [0.05, 0.1) is 14.2 Å². The second-order valence-corrected chi connectivity index (χ2v) is 6.54. The van der Waals surface area contributed by atoms with Gasteiger partial charge in [-0.1, -0.05) is 18.2 Å². The van der Waals surface area contributed by atoms with E-state index in [2.05, 4.69) is 5.32 Å². The number of nitriles is 1. The van der Waals surface area contributed by atoms with Crippen molar-refractivity contribution in [3.63, 3.8) is 0 Å². The summed E-state index contributed by atoms with van der Waals surface area (Å²) in [5, 5.41) is 21.0. The number of benzene rings is 2. The van der Waals surface area contributed by atoms with Gasteiger partial charge in [-0.25, -0.2) is 4.79 Å². The monoisotopic (exact) mass is 424 g/mol. The van der Waals surface area contributed by atoms with Crippen LogP contribution in [0.5, 0.6) is 17.2 Å². The van der Waals surface area contributed by atoms with Crippen molar-refractivity contribution in [2.24, 2.45) is 0 Å². The van der Waals surface area contributed by atoms with Crippen LogP contribution in [0.2, 0.25) is 0 Å². The number of amides is 1. The molecule has 0 bridgehead atoms. The van der Waals surface area contributed by atoms with Crippen LogP contribution >= 0.6 is 0 Å². The molecule has 2 aromatic rings. The molecule has 0 aromatic heterocycles. The van der Waals surface area contributed by atoms with Crippen LogP contribution in [0.15, 0.2) is 48.0 Å². The van der Waals surface area contributed by atoms with Crippen LogP contribution in [0.4, 0.5) is 0 Å². The second-order valence-electron chi connectivity index (χ2n) is 6.54. The Kier molecular flexibility index (Phi) is 8.46. The molecule has 0 aliphatic rings. The summed E-state index contributed by atoms with van der Waals surface area (Å²) in [4.78, 5) is 23.3. The maximum Gasteiger partial charge on any atom is 0.344 e. The average Bonchev–Trinajstić information content (AvgIpc) is 2.77. The molecule has 0 saturated heterocycles. The molecule has 0 radical (unpaired) electrons. The maximum atomic E-state index is 12.4. The van der Waals surface area contributed by atoms with Gasteiger partial charge in [-0.05, 0) is 54.8 Å². The largest absolute Gasteiger partial charge is 0.493 e. The molecule has 8 nitrogen and oxygen atoms in total. The molecule has 0 saturated carbocycles. The number of hydrogen-bond acceptors (Lipinski definition) is 6. The van der Waals surface area contributed by atoms with Crippen LogP contribution in [-0.4, -0.2) is 43.9 Å². The average molecular weight is 424 g/mol. The minimum atomic E-state index is -1.09. The van der Waals surface area contributed by atoms with E-state index in [1.807, 2.05) is 18.2 Å². The van der Waals surface area contributed by atoms with Crippen molar-refractivity contribution in [2.45, 2.75) is 19.4 Å². The van der Waals surface area contributed by atoms with E-state index >= 15 is 0 Å². The van der Waals surface area contributed by atoms with Crippen molar-refractivity contribution in [3.8, 4) is 23.3 Å². The summed E-state index contributed by atoms with van der Waals surface area (Å²) in [6, 6.07) is 13.9. The number of hydrogen-bond donors (Lipinski definition) is 2. The fourth-order valence-electron chi connectivity index (χ4n) is 2.70. The van der Waals surface area contributed by atoms with E-state index in [-0.39, 0.29) is 5.57 Å². The highest BCUT2D eigenvalue weighted by Gasteiger charge is 2.13. The van der Waals surface area contributed by atoms with Crippen LogP contribution in [-0.2, 0) is 16.0 Å². The van der Waals surface area contributed by atoms with Gasteiger partial charge in [-0.15, -0.1) is 0 Å². The molecule has 8 heteroatoms. The van der Waals surface area contributed by atoms with Gasteiger partial charge in [0.2, 0.25) is 0 Å². The molecular weight excluding hydrogens is 400 g/mol. The Morgan fingerprint density at radius 1 is 1.16 bits per heavy atom. The smallest absolute Gasteiger partial charge is 0.344 e. The van der Waals surface area contributed by atoms with Gasteiger partial charge in [0.25, 0.3) is 5.91 Å². The summed E-state index contributed by atoms with van der Waals surface area (Å²) < 4.78 is 15.8. The van der Waals surface area contributed by atoms with Gasteiger partial charge in [0.1, 0.15) is 17.4 Å². The van der Waals surface area contributed by atoms with Crippen molar-refractivity contribution < 1.29 is 28.9 Å². The molecule has 0 aliphatic heterocycles. The summed E-state index contributed by atoms with van der Waals surface area (Å²) in [6.45, 7) is 1.74. The van der Waals surface area contributed by atoms with E-state index in [0.717, 1.165) is 5.56 Å². The first-order valence-electron chi connectivity index (χ1n) is 9.48. The minimum absolute atomic E-state index is 0.0734. The molecule has 0 heterocycles. The molecule has 0 aliphatic carbocycles. The zero-order valence-electron chi connectivity index (χ0n) is 17.5. The van der Waals surface area contributed by atoms with Gasteiger partial charge in [-0.2, -0.15) is 5.26 Å². The number of carbonyl (C=O) groups is 2. The molecular formula is C23H24N2O6. The van der Waals surface area contributed by atoms with E-state index in [9.17, 15) is 14.9 Å². The van der Waals surface area contributed by atoms with Gasteiger partial charge < -0.3 is 24.6 Å². The molecule has 31 heavy (non-hydrogen) atoms. The first-order valence-corrected chi connectivity index (χ1v) is 9.48. The number of carbonyl (C=O) groups excluding carboxylic acids is 1. The Bertz CT molecular complexity index is 1010. The molecule has 1 atom stereocenters. The third kappa shape index (κ3) is 6.78. The Labute approximate surface area is 180 Å². The molecule has 2 aromatic carbocycles. The quantitative estimate of drug-likeness (QED) is 0.445. The zero-order chi connectivity index (χ0) is 22.8. The number of nitrogens with one attached hydrogen (secondary N) is 1. The Balaban J connectivity index is 2.01. The molecule has 2 N–H and O–H groups in total. The molecule has 0 fully saturated rings. The van der Waals surface area contributed by atoms with Gasteiger partial charge >= 0.3 is 5.97 Å². The van der Waals surface area contributed by atoms with Crippen molar-refractivity contribution in [3.05, 3.63) is 59.2 Å². The fourth-order valence-corrected chi connectivity index (χ4v) is 2.70. The summed E-state index contributed by atoms with van der Waals surface area (Å²) in [7, 11) is 3.11. The maximum absolute atomic E-state index is 12.4. The Hall–Kier alpha value is -3.99. The Morgan fingerprint density at radius 3 is 2.55 bits per heavy atom. The predicted octanol–water partition coefficient (Wildman–Crippen LogP) is 2.82. The number of methoxy groups -OCH3 is 2. The third-order valence-electron chi connectivity index (χ3n) is 4.34. The fraction of sp³-hybridized carbons (Fsp3) is 0.261. The SMILES string of the molecule is COc1ccc(CCNC(=O)/C(C#N)=C\c2cccc(OC(C)C(=O)O)c2)cc1OC. The molecule has 1 unspecified atom stereocenters. The minimum Gasteiger partial charge on any atom is -0.493 e. The normalized spacial score (nSPS) is 11.7. The predicted molar refractivity (Wildman–Crippen MR) is 114 cm³/mol. The van der Waals surface area contributed by atoms with Crippen molar-refractivity contribution in [2.75, 3.05) is 20.8 Å². The first-order chi connectivity index (χ1) is 14.9. The summed E-state index contributed by atoms with van der Waals surface area (Å²) >= 11 is 0. The highest BCUT2D eigenvalue weighted by molar-refractivity contribution is 6.01. The van der Waals surface area contributed by atoms with E-state index < -0.39 is 18.0 Å². The van der Waals surface area contributed by atoms with Crippen LogP contribution in [0.1, 0.15) is 18.1 Å². The highest BCUT2D eigenvalue weighted by Crippen LogP contribution is 2.27. The zero-order valence-corrected chi connectivity index (χ0v) is 17.5. The number of ether oxygens (including phenoxy) is 3. The summed E-state index contributed by atoms with van der Waals surface area (Å²) in [5.41, 5.74) is 1.41. The molecule has 2 rings (SSSR count). The highest BCUT2D eigenvalue weighted by atomic mass is 16.5. The van der Waals surface area contributed by atoms with E-state index in [0.29, 0.717) is 35.8 Å². The topological polar surface area (TPSA) is 118 Å². The molecule has 0 spiro atoms. The van der Waals surface area contributed by atoms with E-state index in [1.54, 1.807) is 44.6 Å². The van der Waals surface area contributed by atoms with Crippen LogP contribution < -0.4 is 19.5 Å². The number of nitrogens with zero attached hydrogens (tertiary/aromatic N) is 1. The number of rotatable bonds is 10. The van der Waals surface area contributed by atoms with Gasteiger partial charge in [-0.3, -0.25) is 4.79 Å². The van der Waals surface area contributed by atoms with E-state index in [1.165, 1.54) is 13.0 Å². The number of carboxylic acid groups (broad SMARTS) is 1. The number of carboxylic acids is 1. The van der Waals surface area contributed by atoms with Gasteiger partial charge in [0.15, 0.2) is 17.6 Å². The van der Waals surface area contributed by atoms with Crippen molar-refractivity contribution in [1.82, 2.24) is 5.32 Å². The standard InChI is InChI=1S/C23H24N2O6/c1-15(23(27)28)31-19-6-4-5-17(12-19)11-18(14-24)22(26)25-10-9-16-7-8-20(29-2)21(13-16)30-3/h4-8,11-13,15H,9-10H2,1-3H3,(H,25,26)(H,27,28)/b18-11-. The summed E-state index contributed by atoms with van der Waals surface area (Å²) in [5.74, 6) is -0.0484. The van der Waals surface area contributed by atoms with Crippen LogP contribution in [0, 0.1) is 11.3 Å². The van der Waals surface area contributed by atoms with E-state index in [4.69, 9.17) is 19.3 Å². The lowest BCUT2D eigenvalue weighted by atomic mass is 10.1. The lowest BCUT2D eigenvalue weighted by molar-refractivity contribution is -0.144. The lowest BCUT2D eigenvalue weighted by Crippen LogP contribution is -2.26. The first kappa shape index (κ1) is 23.3. The summed E-state index contributed by atoms with van der Waals surface area (Å²) in [6.07, 6.45) is 0.945.